The molecule has 3 aromatic rings. The number of aryl methyl sites for hydroxylation is 2. The molecule has 4 nitrogen and oxygen atoms in total. The maximum Gasteiger partial charge on any atom is 0.172 e. The van der Waals surface area contributed by atoms with E-state index in [1.165, 1.54) is 0 Å². The maximum atomic E-state index is 9.44. The van der Waals surface area contributed by atoms with E-state index >= 15 is 0 Å². The Labute approximate surface area is 123 Å². The third kappa shape index (κ3) is 2.27. The van der Waals surface area contributed by atoms with Crippen LogP contribution in [0.15, 0.2) is 36.4 Å². The van der Waals surface area contributed by atoms with Crippen molar-refractivity contribution >= 4 is 10.9 Å². The fourth-order valence-corrected chi connectivity index (χ4v) is 2.43. The van der Waals surface area contributed by atoms with Crippen LogP contribution in [0.1, 0.15) is 30.8 Å². The SMILES string of the molecule is CCc1cc(CC)n(-c2nc3ccccc3cc2C#N)n1. The molecule has 0 aliphatic heterocycles. The average Bonchev–Trinajstić information content (AvgIpc) is 2.96. The van der Waals surface area contributed by atoms with Crippen LogP contribution in [0.4, 0.5) is 0 Å². The van der Waals surface area contributed by atoms with Crippen molar-refractivity contribution in [2.75, 3.05) is 0 Å². The normalized spacial score (nSPS) is 10.7. The number of para-hydroxylation sites is 1. The first-order valence-corrected chi connectivity index (χ1v) is 7.15. The molecular formula is C17H16N4. The predicted molar refractivity (Wildman–Crippen MR) is 82.3 cm³/mol. The minimum atomic E-state index is 0.550. The van der Waals surface area contributed by atoms with Crippen LogP contribution in [0.3, 0.4) is 0 Å². The van der Waals surface area contributed by atoms with Crippen molar-refractivity contribution in [1.82, 2.24) is 14.8 Å². The van der Waals surface area contributed by atoms with Crippen LogP contribution in [0, 0.1) is 11.3 Å². The minimum Gasteiger partial charge on any atom is -0.227 e. The minimum absolute atomic E-state index is 0.550. The van der Waals surface area contributed by atoms with Gasteiger partial charge in [0.05, 0.1) is 16.8 Å². The number of nitrogens with zero attached hydrogens (tertiary/aromatic N) is 4. The van der Waals surface area contributed by atoms with Crippen molar-refractivity contribution in [3.05, 3.63) is 53.3 Å². The van der Waals surface area contributed by atoms with Gasteiger partial charge in [-0.25, -0.2) is 9.67 Å². The molecule has 0 spiro atoms. The van der Waals surface area contributed by atoms with Crippen LogP contribution in [0.5, 0.6) is 0 Å². The van der Waals surface area contributed by atoms with Gasteiger partial charge in [0.25, 0.3) is 0 Å². The van der Waals surface area contributed by atoms with Gasteiger partial charge in [-0.3, -0.25) is 0 Å². The van der Waals surface area contributed by atoms with E-state index in [1.54, 1.807) is 0 Å². The number of hydrogen-bond acceptors (Lipinski definition) is 3. The lowest BCUT2D eigenvalue weighted by molar-refractivity contribution is 0.773. The van der Waals surface area contributed by atoms with Crippen LogP contribution >= 0.6 is 0 Å². The van der Waals surface area contributed by atoms with E-state index in [0.717, 1.165) is 35.1 Å². The van der Waals surface area contributed by atoms with Crippen LogP contribution < -0.4 is 0 Å². The summed E-state index contributed by atoms with van der Waals surface area (Å²) >= 11 is 0. The van der Waals surface area contributed by atoms with Gasteiger partial charge in [0.15, 0.2) is 5.82 Å². The molecule has 0 bridgehead atoms. The Morgan fingerprint density at radius 3 is 2.67 bits per heavy atom. The molecule has 0 unspecified atom stereocenters. The van der Waals surface area contributed by atoms with Crippen molar-refractivity contribution in [3.63, 3.8) is 0 Å². The Morgan fingerprint density at radius 2 is 1.95 bits per heavy atom. The van der Waals surface area contributed by atoms with E-state index in [4.69, 9.17) is 0 Å². The summed E-state index contributed by atoms with van der Waals surface area (Å²) in [7, 11) is 0. The fraction of sp³-hybridized carbons (Fsp3) is 0.235. The lowest BCUT2D eigenvalue weighted by atomic mass is 10.1. The predicted octanol–water partition coefficient (Wildman–Crippen LogP) is 3.42. The van der Waals surface area contributed by atoms with E-state index in [-0.39, 0.29) is 0 Å². The topological polar surface area (TPSA) is 54.5 Å². The van der Waals surface area contributed by atoms with Gasteiger partial charge in [-0.05, 0) is 31.0 Å². The van der Waals surface area contributed by atoms with E-state index < -0.39 is 0 Å². The molecule has 104 valence electrons. The zero-order chi connectivity index (χ0) is 14.8. The second-order valence-electron chi connectivity index (χ2n) is 4.91. The van der Waals surface area contributed by atoms with Gasteiger partial charge < -0.3 is 0 Å². The number of hydrogen-bond donors (Lipinski definition) is 0. The highest BCUT2D eigenvalue weighted by atomic mass is 15.3. The van der Waals surface area contributed by atoms with Gasteiger partial charge in [-0.2, -0.15) is 10.4 Å². The molecule has 0 aliphatic carbocycles. The average molecular weight is 276 g/mol. The fourth-order valence-electron chi connectivity index (χ4n) is 2.43. The van der Waals surface area contributed by atoms with E-state index in [0.29, 0.717) is 11.4 Å². The van der Waals surface area contributed by atoms with Gasteiger partial charge >= 0.3 is 0 Å². The molecule has 0 N–H and O–H groups in total. The summed E-state index contributed by atoms with van der Waals surface area (Å²) in [5, 5.41) is 15.0. The molecule has 0 atom stereocenters. The maximum absolute atomic E-state index is 9.44. The molecule has 0 aliphatic rings. The van der Waals surface area contributed by atoms with Crippen LogP contribution in [0.2, 0.25) is 0 Å². The third-order valence-corrected chi connectivity index (χ3v) is 3.58. The monoisotopic (exact) mass is 276 g/mol. The number of pyridine rings is 1. The van der Waals surface area contributed by atoms with Crippen LogP contribution in [-0.2, 0) is 12.8 Å². The summed E-state index contributed by atoms with van der Waals surface area (Å²) in [6.45, 7) is 4.16. The first-order chi connectivity index (χ1) is 10.3. The zero-order valence-corrected chi connectivity index (χ0v) is 12.2. The number of fused-ring (bicyclic) bond motifs is 1. The molecule has 0 radical (unpaired) electrons. The Morgan fingerprint density at radius 1 is 1.14 bits per heavy atom. The summed E-state index contributed by atoms with van der Waals surface area (Å²) in [6.07, 6.45) is 1.72. The Hall–Kier alpha value is -2.67. The molecule has 0 amide bonds. The highest BCUT2D eigenvalue weighted by Gasteiger charge is 2.14. The second kappa shape index (κ2) is 5.37. The molecule has 2 heterocycles. The van der Waals surface area contributed by atoms with Gasteiger partial charge in [0.2, 0.25) is 0 Å². The largest absolute Gasteiger partial charge is 0.227 e. The second-order valence-corrected chi connectivity index (χ2v) is 4.91. The summed E-state index contributed by atoms with van der Waals surface area (Å²) in [5.74, 6) is 0.618. The Balaban J connectivity index is 2.28. The molecule has 2 aromatic heterocycles. The summed E-state index contributed by atoms with van der Waals surface area (Å²) < 4.78 is 1.81. The van der Waals surface area contributed by atoms with Gasteiger partial charge in [0.1, 0.15) is 6.07 Å². The van der Waals surface area contributed by atoms with Gasteiger partial charge in [-0.1, -0.05) is 32.0 Å². The van der Waals surface area contributed by atoms with Gasteiger partial charge in [0, 0.05) is 11.1 Å². The number of rotatable bonds is 3. The van der Waals surface area contributed by atoms with E-state index in [1.807, 2.05) is 35.0 Å². The smallest absolute Gasteiger partial charge is 0.172 e. The van der Waals surface area contributed by atoms with Crippen molar-refractivity contribution in [2.45, 2.75) is 26.7 Å². The molecule has 3 rings (SSSR count). The molecule has 21 heavy (non-hydrogen) atoms. The highest BCUT2D eigenvalue weighted by molar-refractivity contribution is 5.81. The molecule has 4 heteroatoms. The van der Waals surface area contributed by atoms with E-state index in [9.17, 15) is 5.26 Å². The van der Waals surface area contributed by atoms with Crippen LogP contribution in [0.25, 0.3) is 16.7 Å². The number of aromatic nitrogens is 3. The molecular weight excluding hydrogens is 260 g/mol. The van der Waals surface area contributed by atoms with Crippen molar-refractivity contribution in [3.8, 4) is 11.9 Å². The first-order valence-electron chi connectivity index (χ1n) is 7.15. The Kier molecular flexibility index (Phi) is 3.41. The van der Waals surface area contributed by atoms with E-state index in [2.05, 4.69) is 36.1 Å². The number of benzene rings is 1. The summed E-state index contributed by atoms with van der Waals surface area (Å²) in [6, 6.07) is 14.0. The Bertz CT molecular complexity index is 840. The summed E-state index contributed by atoms with van der Waals surface area (Å²) in [5.41, 5.74) is 3.52. The lowest BCUT2D eigenvalue weighted by Gasteiger charge is -2.08. The quantitative estimate of drug-likeness (QED) is 0.736. The molecule has 0 saturated heterocycles. The lowest BCUT2D eigenvalue weighted by Crippen LogP contribution is -2.07. The standard InChI is InChI=1S/C17H16N4/c1-3-14-10-15(4-2)21(20-14)17-13(11-18)9-12-7-5-6-8-16(12)19-17/h5-10H,3-4H2,1-2H3. The zero-order valence-electron chi connectivity index (χ0n) is 12.2. The highest BCUT2D eigenvalue weighted by Crippen LogP contribution is 2.21. The molecule has 0 saturated carbocycles. The van der Waals surface area contributed by atoms with Crippen molar-refractivity contribution < 1.29 is 0 Å². The summed E-state index contributed by atoms with van der Waals surface area (Å²) in [4.78, 5) is 4.65. The number of nitriles is 1. The first kappa shape index (κ1) is 13.3. The molecule has 0 fully saturated rings. The van der Waals surface area contributed by atoms with Crippen molar-refractivity contribution in [2.24, 2.45) is 0 Å². The third-order valence-electron chi connectivity index (χ3n) is 3.58. The molecule has 1 aromatic carbocycles. The van der Waals surface area contributed by atoms with Crippen molar-refractivity contribution in [1.29, 1.82) is 5.26 Å². The van der Waals surface area contributed by atoms with Gasteiger partial charge in [-0.15, -0.1) is 0 Å². The van der Waals surface area contributed by atoms with Crippen LogP contribution in [-0.4, -0.2) is 14.8 Å².